The van der Waals surface area contributed by atoms with Crippen LogP contribution in [0.1, 0.15) is 95.4 Å². The molecule has 4 aliphatic rings. The van der Waals surface area contributed by atoms with E-state index >= 15 is 4.79 Å². The zero-order valence-electron chi connectivity index (χ0n) is 33.1. The lowest BCUT2D eigenvalue weighted by Gasteiger charge is -2.64. The fourth-order valence-electron chi connectivity index (χ4n) is 10.2. The van der Waals surface area contributed by atoms with Gasteiger partial charge >= 0.3 is 6.16 Å². The van der Waals surface area contributed by atoms with Crippen LogP contribution in [0.25, 0.3) is 0 Å². The Hall–Kier alpha value is -0.869. The Balaban J connectivity index is 2.18. The molecule has 2 bridgehead atoms. The van der Waals surface area contributed by atoms with Crippen molar-refractivity contribution >= 4 is 36.9 Å². The molecule has 2 N–H and O–H groups in total. The minimum atomic E-state index is -2.46. The van der Waals surface area contributed by atoms with Crippen molar-refractivity contribution in [3.05, 3.63) is 11.1 Å². The minimum absolute atomic E-state index is 0.0970. The molecule has 282 valence electrons. The summed E-state index contributed by atoms with van der Waals surface area (Å²) in [7, 11) is -6.98. The van der Waals surface area contributed by atoms with E-state index < -0.39 is 89.6 Å². The topological polar surface area (TPSA) is 121 Å². The SMILES string of the molecule is CC[C@]1(O)[C@H](O)C[C@H](O[Si](CC)(CC)CC)[C@@]2(C)C(=O)[C@H](O[Si](CC)(CC)CC)C3=C(C)[C@@H](O[Si](C)(C)C)C[C@]4(OC(=O)O[C@H]4[C@H]12)C3(C)C. The highest BCUT2D eigenvalue weighted by molar-refractivity contribution is 6.74. The average Bonchev–Trinajstić information content (AvgIpc) is 3.37. The number of ketones is 1. The second-order valence-electron chi connectivity index (χ2n) is 17.2. The molecule has 0 radical (unpaired) electrons. The Morgan fingerprint density at radius 2 is 1.35 bits per heavy atom. The van der Waals surface area contributed by atoms with Gasteiger partial charge in [-0.25, -0.2) is 4.79 Å². The van der Waals surface area contributed by atoms with E-state index in [0.717, 1.165) is 47.4 Å². The average molecular weight is 741 g/mol. The molecule has 3 fully saturated rings. The highest BCUT2D eigenvalue weighted by Crippen LogP contribution is 2.66. The van der Waals surface area contributed by atoms with Gasteiger partial charge in [0.05, 0.1) is 29.3 Å². The fourth-order valence-corrected chi connectivity index (χ4v) is 17.0. The van der Waals surface area contributed by atoms with E-state index in [1.54, 1.807) is 0 Å². The third kappa shape index (κ3) is 6.23. The van der Waals surface area contributed by atoms with Crippen LogP contribution >= 0.6 is 0 Å². The van der Waals surface area contributed by atoms with Gasteiger partial charge in [-0.2, -0.15) is 0 Å². The van der Waals surface area contributed by atoms with Crippen LogP contribution in [-0.2, 0) is 27.5 Å². The van der Waals surface area contributed by atoms with E-state index in [9.17, 15) is 15.0 Å². The van der Waals surface area contributed by atoms with Crippen molar-refractivity contribution in [1.29, 1.82) is 0 Å². The normalized spacial score (nSPS) is 38.0. The van der Waals surface area contributed by atoms with Crippen LogP contribution in [0.4, 0.5) is 4.79 Å². The van der Waals surface area contributed by atoms with Gasteiger partial charge in [0.2, 0.25) is 0 Å². The van der Waals surface area contributed by atoms with Crippen molar-refractivity contribution < 1.29 is 42.6 Å². The third-order valence-corrected chi connectivity index (χ3v) is 24.2. The number of aliphatic hydroxyl groups is 2. The van der Waals surface area contributed by atoms with Crippen LogP contribution in [0.5, 0.6) is 0 Å². The Bertz CT molecular complexity index is 1270. The molecule has 0 aromatic rings. The summed E-state index contributed by atoms with van der Waals surface area (Å²) in [6.07, 6.45) is -4.69. The van der Waals surface area contributed by atoms with E-state index in [1.165, 1.54) is 0 Å². The predicted molar refractivity (Wildman–Crippen MR) is 200 cm³/mol. The van der Waals surface area contributed by atoms with E-state index in [1.807, 2.05) is 27.7 Å². The van der Waals surface area contributed by atoms with Gasteiger partial charge in [0.1, 0.15) is 6.10 Å². The van der Waals surface area contributed by atoms with Gasteiger partial charge in [0.25, 0.3) is 0 Å². The third-order valence-electron chi connectivity index (χ3n) is 14.0. The summed E-state index contributed by atoms with van der Waals surface area (Å²) in [6.45, 7) is 29.2. The molecule has 0 aromatic heterocycles. The molecule has 1 heterocycles. The smallest absolute Gasteiger partial charge is 0.426 e. The highest BCUT2D eigenvalue weighted by Gasteiger charge is 2.78. The molecule has 9 nitrogen and oxygen atoms in total. The number of ether oxygens (including phenoxy) is 2. The largest absolute Gasteiger partial charge is 0.509 e. The number of carbonyl (C=O) groups is 2. The standard InChI is InChI=1S/C37H68O9Si3/c1-15-36(41)26(38)22-27(45-48(16-2,17-3)18-4)35(11)30(36)32-37(43-33(40)42-32)23-25(44-47(12,13)14)24(8)28(34(37,9)10)29(31(35)39)46-49(19-5,20-6)21-7/h25-27,29-30,32,38,41H,15-23H2,1-14H3/t25-,26+,27-,29+,30-,32-,35+,36-,37+/m0/s1. The van der Waals surface area contributed by atoms with Gasteiger partial charge < -0.3 is 33.0 Å². The lowest BCUT2D eigenvalue weighted by atomic mass is 9.45. The van der Waals surface area contributed by atoms with Crippen molar-refractivity contribution in [1.82, 2.24) is 0 Å². The summed E-state index contributed by atoms with van der Waals surface area (Å²) < 4.78 is 34.4. The number of hydrogen-bond acceptors (Lipinski definition) is 9. The minimum Gasteiger partial charge on any atom is -0.426 e. The molecule has 1 spiro atoms. The molecular weight excluding hydrogens is 673 g/mol. The maximum atomic E-state index is 16.1. The molecule has 49 heavy (non-hydrogen) atoms. The van der Waals surface area contributed by atoms with Gasteiger partial charge in [-0.05, 0) is 87.3 Å². The summed E-state index contributed by atoms with van der Waals surface area (Å²) >= 11 is 0. The van der Waals surface area contributed by atoms with Crippen molar-refractivity contribution in [2.75, 3.05) is 0 Å². The second kappa shape index (κ2) is 13.8. The lowest BCUT2D eigenvalue weighted by molar-refractivity contribution is -0.254. The molecule has 4 rings (SSSR count). The summed E-state index contributed by atoms with van der Waals surface area (Å²) in [4.78, 5) is 29.8. The van der Waals surface area contributed by atoms with E-state index in [2.05, 4.69) is 68.1 Å². The van der Waals surface area contributed by atoms with Crippen LogP contribution in [0.2, 0.25) is 55.9 Å². The monoisotopic (exact) mass is 740 g/mol. The van der Waals surface area contributed by atoms with Crippen molar-refractivity contribution in [3.8, 4) is 0 Å². The van der Waals surface area contributed by atoms with Crippen LogP contribution in [0.15, 0.2) is 11.1 Å². The van der Waals surface area contributed by atoms with Gasteiger partial charge in [-0.1, -0.05) is 62.3 Å². The molecule has 0 aromatic carbocycles. The van der Waals surface area contributed by atoms with Crippen molar-refractivity contribution in [3.63, 3.8) is 0 Å². The molecule has 1 aliphatic heterocycles. The zero-order valence-corrected chi connectivity index (χ0v) is 36.1. The molecule has 3 aliphatic carbocycles. The van der Waals surface area contributed by atoms with E-state index in [0.29, 0.717) is 6.42 Å². The van der Waals surface area contributed by atoms with E-state index in [-0.39, 0.29) is 18.6 Å². The number of hydrogen-bond donors (Lipinski definition) is 2. The highest BCUT2D eigenvalue weighted by atomic mass is 28.4. The fraction of sp³-hybridized carbons (Fsp3) is 0.892. The Morgan fingerprint density at radius 3 is 1.82 bits per heavy atom. The summed E-state index contributed by atoms with van der Waals surface area (Å²) in [6, 6.07) is 5.09. The van der Waals surface area contributed by atoms with Crippen LogP contribution in [0.3, 0.4) is 0 Å². The molecule has 0 amide bonds. The Kier molecular flexibility index (Phi) is 11.5. The zero-order chi connectivity index (χ0) is 37.2. The van der Waals surface area contributed by atoms with Crippen LogP contribution in [0, 0.1) is 16.7 Å². The first-order valence-corrected chi connectivity index (χ1v) is 27.7. The van der Waals surface area contributed by atoms with Crippen molar-refractivity contribution in [2.45, 2.75) is 193 Å². The first-order chi connectivity index (χ1) is 22.6. The summed E-state index contributed by atoms with van der Waals surface area (Å²) in [5.74, 6) is -1.19. The van der Waals surface area contributed by atoms with Crippen LogP contribution < -0.4 is 0 Å². The first kappa shape index (κ1) is 40.9. The van der Waals surface area contributed by atoms with E-state index in [4.69, 9.17) is 22.8 Å². The Labute approximate surface area is 299 Å². The molecule has 12 heteroatoms. The number of Topliss-reactive ketones (excluding diaryl/α,β-unsaturated/α-hetero) is 1. The maximum Gasteiger partial charge on any atom is 0.509 e. The number of rotatable bonds is 13. The Morgan fingerprint density at radius 1 is 0.837 bits per heavy atom. The quantitative estimate of drug-likeness (QED) is 0.110. The number of carbonyl (C=O) groups excluding carboxylic acids is 2. The number of fused-ring (bicyclic) bond motifs is 3. The molecule has 9 atom stereocenters. The molecule has 1 saturated heterocycles. The second-order valence-corrected chi connectivity index (χ2v) is 31.1. The van der Waals surface area contributed by atoms with Crippen molar-refractivity contribution in [2.24, 2.45) is 16.7 Å². The maximum absolute atomic E-state index is 16.1. The summed E-state index contributed by atoms with van der Waals surface area (Å²) in [5, 5.41) is 24.8. The summed E-state index contributed by atoms with van der Waals surface area (Å²) in [5.41, 5.74) is -3.66. The molecule has 2 saturated carbocycles. The number of aliphatic hydroxyl groups excluding tert-OH is 1. The lowest BCUT2D eigenvalue weighted by Crippen LogP contribution is -2.77. The van der Waals surface area contributed by atoms with Gasteiger partial charge in [0.15, 0.2) is 42.4 Å². The van der Waals surface area contributed by atoms with Crippen LogP contribution in [-0.4, -0.2) is 88.8 Å². The van der Waals surface area contributed by atoms with Gasteiger partial charge in [0, 0.05) is 24.2 Å². The predicted octanol–water partition coefficient (Wildman–Crippen LogP) is 8.12. The molecule has 0 unspecified atom stereocenters. The van der Waals surface area contributed by atoms with Gasteiger partial charge in [-0.3, -0.25) is 4.79 Å². The molecular formula is C37H68O9Si3. The first-order valence-electron chi connectivity index (χ1n) is 19.2. The van der Waals surface area contributed by atoms with Gasteiger partial charge in [-0.15, -0.1) is 0 Å².